The van der Waals surface area contributed by atoms with Crippen molar-refractivity contribution in [1.82, 2.24) is 20.5 Å². The molecule has 1 aliphatic heterocycles. The van der Waals surface area contributed by atoms with E-state index in [1.165, 1.54) is 17.8 Å². The lowest BCUT2D eigenvalue weighted by molar-refractivity contribution is -0.138. The Morgan fingerprint density at radius 2 is 1.63 bits per heavy atom. The van der Waals surface area contributed by atoms with Gasteiger partial charge in [0, 0.05) is 30.5 Å². The van der Waals surface area contributed by atoms with Crippen molar-refractivity contribution < 1.29 is 42.9 Å². The lowest BCUT2D eigenvalue weighted by atomic mass is 9.83. The van der Waals surface area contributed by atoms with Crippen molar-refractivity contribution in [3.05, 3.63) is 52.3 Å². The Labute approximate surface area is 311 Å². The van der Waals surface area contributed by atoms with E-state index >= 15 is 0 Å². The normalized spacial score (nSPS) is 17.1. The van der Waals surface area contributed by atoms with Crippen LogP contribution in [0.3, 0.4) is 0 Å². The van der Waals surface area contributed by atoms with Crippen molar-refractivity contribution in [3.8, 4) is 5.75 Å². The summed E-state index contributed by atoms with van der Waals surface area (Å²) in [6.45, 7) is 10.7. The van der Waals surface area contributed by atoms with Crippen LogP contribution in [-0.4, -0.2) is 105 Å². The highest BCUT2D eigenvalue weighted by atomic mass is 32.1. The van der Waals surface area contributed by atoms with E-state index in [0.717, 1.165) is 50.0 Å². The summed E-state index contributed by atoms with van der Waals surface area (Å²) >= 11 is 1.39. The second-order valence-electron chi connectivity index (χ2n) is 13.9. The number of carbonyl (C=O) groups is 4. The van der Waals surface area contributed by atoms with Gasteiger partial charge in [0.25, 0.3) is 0 Å². The molecule has 1 saturated heterocycles. The standard InChI is InChI=1S/C38H55N4O9S/c1-5-32(43)41-33(27-11-7-6-8-12-27)36(45)42-17-10-15-31(42)35-40-30(26-52-35)34(44)28-13-9-14-29(25-28)50-24-23-49-22-21-48-20-19-47-18-16-39-37(46)51-38(2,3)4/h5,9,13-14,25-27,31,33H,6-8,10-12,15-24H2,1-4H3,(H,39,46)(H,41,43)/t31-,33-/m0/s1. The Kier molecular flexibility index (Phi) is 16.8. The molecule has 52 heavy (non-hydrogen) atoms. The van der Waals surface area contributed by atoms with Crippen molar-refractivity contribution in [1.29, 1.82) is 0 Å². The number of likely N-dealkylation sites (tertiary alicyclic amines) is 1. The minimum absolute atomic E-state index is 0.0539. The first-order chi connectivity index (χ1) is 25.1. The van der Waals surface area contributed by atoms with E-state index < -0.39 is 17.7 Å². The van der Waals surface area contributed by atoms with E-state index in [-0.39, 0.29) is 29.6 Å². The highest BCUT2D eigenvalue weighted by Crippen LogP contribution is 2.36. The summed E-state index contributed by atoms with van der Waals surface area (Å²) in [4.78, 5) is 57.9. The van der Waals surface area contributed by atoms with E-state index in [1.807, 2.05) is 4.90 Å². The molecule has 1 radical (unpaired) electrons. The number of ether oxygens (including phenoxy) is 5. The molecule has 3 amide bonds. The molecule has 2 N–H and O–H groups in total. The lowest BCUT2D eigenvalue weighted by Gasteiger charge is -2.34. The Balaban J connectivity index is 1.16. The first kappa shape index (κ1) is 41.2. The van der Waals surface area contributed by atoms with Crippen LogP contribution >= 0.6 is 11.3 Å². The summed E-state index contributed by atoms with van der Waals surface area (Å²) in [5, 5.41) is 8.10. The van der Waals surface area contributed by atoms with Crippen LogP contribution in [0.4, 0.5) is 4.79 Å². The Bertz CT molecular complexity index is 1440. The van der Waals surface area contributed by atoms with Gasteiger partial charge in [0.15, 0.2) is 0 Å². The number of rotatable bonds is 20. The fourth-order valence-corrected chi connectivity index (χ4v) is 7.22. The van der Waals surface area contributed by atoms with Crippen LogP contribution in [0, 0.1) is 12.3 Å². The van der Waals surface area contributed by atoms with Crippen molar-refractivity contribution in [2.45, 2.75) is 90.3 Å². The second kappa shape index (κ2) is 21.2. The van der Waals surface area contributed by atoms with Gasteiger partial charge < -0.3 is 39.2 Å². The smallest absolute Gasteiger partial charge is 0.407 e. The Morgan fingerprint density at radius 1 is 0.942 bits per heavy atom. The average molecular weight is 744 g/mol. The number of alkyl carbamates (subject to hydrolysis) is 1. The Hall–Kier alpha value is -3.59. The van der Waals surface area contributed by atoms with E-state index in [2.05, 4.69) is 10.6 Å². The highest BCUT2D eigenvalue weighted by molar-refractivity contribution is 7.10. The molecule has 287 valence electrons. The first-order valence-corrected chi connectivity index (χ1v) is 19.3. The van der Waals surface area contributed by atoms with Crippen LogP contribution in [0.2, 0.25) is 0 Å². The van der Waals surface area contributed by atoms with Gasteiger partial charge >= 0.3 is 6.09 Å². The van der Waals surface area contributed by atoms with E-state index in [4.69, 9.17) is 28.7 Å². The van der Waals surface area contributed by atoms with Crippen LogP contribution in [-0.2, 0) is 28.5 Å². The predicted octanol–water partition coefficient (Wildman–Crippen LogP) is 5.28. The van der Waals surface area contributed by atoms with Gasteiger partial charge in [-0.25, -0.2) is 9.78 Å². The summed E-state index contributed by atoms with van der Waals surface area (Å²) < 4.78 is 27.5. The molecule has 2 heterocycles. The Morgan fingerprint density at radius 3 is 2.33 bits per heavy atom. The first-order valence-electron chi connectivity index (χ1n) is 18.4. The van der Waals surface area contributed by atoms with Gasteiger partial charge in [0.05, 0.1) is 45.7 Å². The largest absolute Gasteiger partial charge is 0.491 e. The minimum Gasteiger partial charge on any atom is -0.491 e. The van der Waals surface area contributed by atoms with Gasteiger partial charge in [-0.1, -0.05) is 38.3 Å². The number of amides is 3. The summed E-state index contributed by atoms with van der Waals surface area (Å²) in [7, 11) is 0. The maximum absolute atomic E-state index is 13.9. The molecular formula is C38H55N4O9S. The zero-order valence-corrected chi connectivity index (χ0v) is 31.8. The molecule has 2 atom stereocenters. The minimum atomic E-state index is -0.550. The zero-order valence-electron chi connectivity index (χ0n) is 31.0. The number of nitrogens with one attached hydrogen (secondary N) is 2. The van der Waals surface area contributed by atoms with Gasteiger partial charge in [-0.3, -0.25) is 14.4 Å². The molecule has 2 fully saturated rings. The molecule has 1 saturated carbocycles. The van der Waals surface area contributed by atoms with E-state index in [1.54, 1.807) is 57.3 Å². The van der Waals surface area contributed by atoms with Crippen LogP contribution in [0.25, 0.3) is 0 Å². The maximum Gasteiger partial charge on any atom is 0.407 e. The van der Waals surface area contributed by atoms with Crippen molar-refractivity contribution >= 4 is 35.0 Å². The summed E-state index contributed by atoms with van der Waals surface area (Å²) in [6.07, 6.45) is 7.74. The number of ketones is 1. The number of hydrogen-bond acceptors (Lipinski definition) is 11. The molecule has 0 spiro atoms. The summed E-state index contributed by atoms with van der Waals surface area (Å²) in [6, 6.07) is 6.21. The van der Waals surface area contributed by atoms with Crippen molar-refractivity contribution in [2.24, 2.45) is 5.92 Å². The maximum atomic E-state index is 13.9. The predicted molar refractivity (Wildman–Crippen MR) is 196 cm³/mol. The molecule has 0 unspecified atom stereocenters. The van der Waals surface area contributed by atoms with Gasteiger partial charge in [0.2, 0.25) is 17.6 Å². The van der Waals surface area contributed by atoms with Crippen molar-refractivity contribution in [3.63, 3.8) is 0 Å². The number of thiazole rings is 1. The van der Waals surface area contributed by atoms with Crippen molar-refractivity contribution in [2.75, 3.05) is 59.3 Å². The molecule has 2 aliphatic rings. The second-order valence-corrected chi connectivity index (χ2v) is 14.8. The zero-order chi connectivity index (χ0) is 37.3. The summed E-state index contributed by atoms with van der Waals surface area (Å²) in [5.41, 5.74) is 0.258. The number of hydrogen-bond donors (Lipinski definition) is 2. The van der Waals surface area contributed by atoms with E-state index in [0.29, 0.717) is 76.3 Å². The van der Waals surface area contributed by atoms with Gasteiger partial charge in [0.1, 0.15) is 34.7 Å². The SMILES string of the molecule is C[CH]C(=O)N[C@H](C(=O)N1CCC[C@H]1c1nc(C(=O)c2cccc(OCCOCCOCCOCCNC(=O)OC(C)(C)C)c2)cs1)C1CCCCC1. The van der Waals surface area contributed by atoms with Crippen LogP contribution < -0.4 is 15.4 Å². The topological polar surface area (TPSA) is 155 Å². The fourth-order valence-electron chi connectivity index (χ4n) is 6.27. The molecule has 2 aromatic rings. The van der Waals surface area contributed by atoms with Crippen LogP contribution in [0.1, 0.15) is 99.7 Å². The molecule has 1 aliphatic carbocycles. The molecule has 4 rings (SSSR count). The number of carbonyl (C=O) groups excluding carboxylic acids is 4. The molecule has 14 heteroatoms. The molecule has 0 bridgehead atoms. The number of benzene rings is 1. The third kappa shape index (κ3) is 13.4. The molecule has 13 nitrogen and oxygen atoms in total. The lowest BCUT2D eigenvalue weighted by Crippen LogP contribution is -2.52. The van der Waals surface area contributed by atoms with Crippen LogP contribution in [0.5, 0.6) is 5.75 Å². The third-order valence-corrected chi connectivity index (χ3v) is 9.72. The highest BCUT2D eigenvalue weighted by Gasteiger charge is 2.39. The fraction of sp³-hybridized carbons (Fsp3) is 0.632. The third-order valence-electron chi connectivity index (χ3n) is 8.77. The average Bonchev–Trinajstić information content (AvgIpc) is 3.82. The number of aromatic nitrogens is 1. The van der Waals surface area contributed by atoms with Crippen LogP contribution in [0.15, 0.2) is 29.6 Å². The number of nitrogens with zero attached hydrogens (tertiary/aromatic N) is 2. The molecular weight excluding hydrogens is 689 g/mol. The van der Waals surface area contributed by atoms with Gasteiger partial charge in [-0.05, 0) is 64.5 Å². The molecule has 1 aromatic carbocycles. The quantitative estimate of drug-likeness (QED) is 0.135. The van der Waals surface area contributed by atoms with Gasteiger partial charge in [-0.2, -0.15) is 0 Å². The van der Waals surface area contributed by atoms with Gasteiger partial charge in [-0.15, -0.1) is 11.3 Å². The van der Waals surface area contributed by atoms with E-state index in [9.17, 15) is 19.2 Å². The monoisotopic (exact) mass is 743 g/mol. The molecule has 1 aromatic heterocycles. The summed E-state index contributed by atoms with van der Waals surface area (Å²) in [5.74, 6) is 0.175.